The molecule has 0 radical (unpaired) electrons. The SMILES string of the molecule is CC(C(=O)O)C(C)C(=O)N1CCOC[C@H]1C. The van der Waals surface area contributed by atoms with Crippen molar-refractivity contribution in [1.29, 1.82) is 0 Å². The monoisotopic (exact) mass is 229 g/mol. The van der Waals surface area contributed by atoms with Gasteiger partial charge in [-0.05, 0) is 6.92 Å². The van der Waals surface area contributed by atoms with Gasteiger partial charge in [-0.3, -0.25) is 9.59 Å². The van der Waals surface area contributed by atoms with E-state index < -0.39 is 17.8 Å². The van der Waals surface area contributed by atoms with E-state index in [-0.39, 0.29) is 11.9 Å². The summed E-state index contributed by atoms with van der Waals surface area (Å²) in [6, 6.07) is 0.0321. The van der Waals surface area contributed by atoms with Gasteiger partial charge in [-0.1, -0.05) is 13.8 Å². The largest absolute Gasteiger partial charge is 0.481 e. The number of rotatable bonds is 3. The van der Waals surface area contributed by atoms with Gasteiger partial charge in [-0.2, -0.15) is 0 Å². The molecule has 3 atom stereocenters. The Kier molecular flexibility index (Phi) is 4.29. The van der Waals surface area contributed by atoms with Crippen LogP contribution in [0.3, 0.4) is 0 Å². The van der Waals surface area contributed by atoms with Crippen LogP contribution < -0.4 is 0 Å². The van der Waals surface area contributed by atoms with E-state index in [1.165, 1.54) is 0 Å². The number of carboxylic acids is 1. The maximum Gasteiger partial charge on any atom is 0.307 e. The quantitative estimate of drug-likeness (QED) is 0.769. The molecule has 1 amide bonds. The van der Waals surface area contributed by atoms with E-state index >= 15 is 0 Å². The summed E-state index contributed by atoms with van der Waals surface area (Å²) < 4.78 is 5.24. The summed E-state index contributed by atoms with van der Waals surface area (Å²) in [5.74, 6) is -2.16. The molecule has 1 saturated heterocycles. The van der Waals surface area contributed by atoms with Crippen LogP contribution in [-0.2, 0) is 14.3 Å². The van der Waals surface area contributed by atoms with Gasteiger partial charge in [0.1, 0.15) is 0 Å². The van der Waals surface area contributed by atoms with Gasteiger partial charge in [0.2, 0.25) is 5.91 Å². The molecule has 1 fully saturated rings. The molecule has 1 N–H and O–H groups in total. The highest BCUT2D eigenvalue weighted by molar-refractivity contribution is 5.84. The molecule has 0 bridgehead atoms. The number of carbonyl (C=O) groups is 2. The van der Waals surface area contributed by atoms with Gasteiger partial charge >= 0.3 is 5.97 Å². The van der Waals surface area contributed by atoms with Crippen LogP contribution in [0.5, 0.6) is 0 Å². The fourth-order valence-electron chi connectivity index (χ4n) is 1.74. The summed E-state index contributed by atoms with van der Waals surface area (Å²) in [4.78, 5) is 24.6. The Balaban J connectivity index is 2.65. The van der Waals surface area contributed by atoms with Crippen molar-refractivity contribution in [2.24, 2.45) is 11.8 Å². The lowest BCUT2D eigenvalue weighted by atomic mass is 9.94. The average molecular weight is 229 g/mol. The Bertz CT molecular complexity index is 279. The second-order valence-electron chi connectivity index (χ2n) is 4.37. The normalized spacial score (nSPS) is 24.9. The number of hydrogen-bond acceptors (Lipinski definition) is 3. The lowest BCUT2D eigenvalue weighted by molar-refractivity contribution is -0.152. The maximum absolute atomic E-state index is 12.1. The lowest BCUT2D eigenvalue weighted by Gasteiger charge is -2.35. The van der Waals surface area contributed by atoms with Gasteiger partial charge in [0.05, 0.1) is 25.2 Å². The molecule has 92 valence electrons. The van der Waals surface area contributed by atoms with Gasteiger partial charge in [0.25, 0.3) is 0 Å². The van der Waals surface area contributed by atoms with E-state index in [1.807, 2.05) is 6.92 Å². The van der Waals surface area contributed by atoms with Crippen molar-refractivity contribution in [2.45, 2.75) is 26.8 Å². The third-order valence-corrected chi connectivity index (χ3v) is 3.18. The molecule has 2 unspecified atom stereocenters. The fourth-order valence-corrected chi connectivity index (χ4v) is 1.74. The van der Waals surface area contributed by atoms with Crippen LogP contribution in [0, 0.1) is 11.8 Å². The minimum Gasteiger partial charge on any atom is -0.481 e. The zero-order valence-corrected chi connectivity index (χ0v) is 9.97. The Morgan fingerprint density at radius 2 is 2.00 bits per heavy atom. The van der Waals surface area contributed by atoms with Gasteiger partial charge in [-0.25, -0.2) is 0 Å². The molecule has 0 aromatic rings. The van der Waals surface area contributed by atoms with Crippen LogP contribution >= 0.6 is 0 Å². The smallest absolute Gasteiger partial charge is 0.307 e. The minimum atomic E-state index is -0.929. The van der Waals surface area contributed by atoms with Crippen molar-refractivity contribution < 1.29 is 19.4 Å². The summed E-state index contributed by atoms with van der Waals surface area (Å²) >= 11 is 0. The topological polar surface area (TPSA) is 66.8 Å². The third-order valence-electron chi connectivity index (χ3n) is 3.18. The minimum absolute atomic E-state index is 0.0321. The molecule has 16 heavy (non-hydrogen) atoms. The molecule has 1 aliphatic heterocycles. The predicted molar refractivity (Wildman–Crippen MR) is 58.0 cm³/mol. The van der Waals surface area contributed by atoms with Crippen LogP contribution in [0.1, 0.15) is 20.8 Å². The van der Waals surface area contributed by atoms with E-state index in [4.69, 9.17) is 9.84 Å². The molecule has 5 nitrogen and oxygen atoms in total. The first kappa shape index (κ1) is 13.0. The molecule has 1 heterocycles. The Morgan fingerprint density at radius 3 is 2.50 bits per heavy atom. The number of amides is 1. The molecule has 5 heteroatoms. The second kappa shape index (κ2) is 5.30. The number of nitrogens with zero attached hydrogens (tertiary/aromatic N) is 1. The van der Waals surface area contributed by atoms with E-state index in [0.29, 0.717) is 19.8 Å². The third kappa shape index (κ3) is 2.72. The van der Waals surface area contributed by atoms with Crippen molar-refractivity contribution in [1.82, 2.24) is 4.90 Å². The number of ether oxygens (including phenoxy) is 1. The van der Waals surface area contributed by atoms with Crippen LogP contribution in [0.2, 0.25) is 0 Å². The van der Waals surface area contributed by atoms with Crippen LogP contribution in [0.15, 0.2) is 0 Å². The summed E-state index contributed by atoms with van der Waals surface area (Å²) in [5, 5.41) is 8.87. The van der Waals surface area contributed by atoms with Crippen LogP contribution in [-0.4, -0.2) is 47.7 Å². The molecular weight excluding hydrogens is 210 g/mol. The first-order chi connectivity index (χ1) is 7.45. The van der Waals surface area contributed by atoms with Gasteiger partial charge in [0, 0.05) is 12.5 Å². The summed E-state index contributed by atoms with van der Waals surface area (Å²) in [7, 11) is 0. The molecule has 0 aromatic carbocycles. The molecule has 1 aliphatic rings. The number of carboxylic acid groups (broad SMARTS) is 1. The van der Waals surface area contributed by atoms with Crippen molar-refractivity contribution in [3.63, 3.8) is 0 Å². The number of carbonyl (C=O) groups excluding carboxylic acids is 1. The van der Waals surface area contributed by atoms with Crippen molar-refractivity contribution in [2.75, 3.05) is 19.8 Å². The first-order valence-corrected chi connectivity index (χ1v) is 5.56. The van der Waals surface area contributed by atoms with Crippen molar-refractivity contribution in [3.05, 3.63) is 0 Å². The number of aliphatic carboxylic acids is 1. The van der Waals surface area contributed by atoms with E-state index in [9.17, 15) is 9.59 Å². The first-order valence-electron chi connectivity index (χ1n) is 5.56. The standard InChI is InChI=1S/C11H19NO4/c1-7-6-16-5-4-12(7)10(13)8(2)9(3)11(14)15/h7-9H,4-6H2,1-3H3,(H,14,15)/t7-,8?,9?/m1/s1. The average Bonchev–Trinajstić information content (AvgIpc) is 2.26. The zero-order chi connectivity index (χ0) is 12.3. The Labute approximate surface area is 95.4 Å². The molecule has 0 saturated carbocycles. The highest BCUT2D eigenvalue weighted by Gasteiger charge is 2.32. The van der Waals surface area contributed by atoms with E-state index in [1.54, 1.807) is 18.7 Å². The summed E-state index contributed by atoms with van der Waals surface area (Å²) in [6.45, 7) is 6.76. The van der Waals surface area contributed by atoms with E-state index in [2.05, 4.69) is 0 Å². The highest BCUT2D eigenvalue weighted by Crippen LogP contribution is 2.17. The summed E-state index contributed by atoms with van der Waals surface area (Å²) in [5.41, 5.74) is 0. The van der Waals surface area contributed by atoms with Gasteiger partial charge < -0.3 is 14.7 Å². The molecular formula is C11H19NO4. The highest BCUT2D eigenvalue weighted by atomic mass is 16.5. The summed E-state index contributed by atoms with van der Waals surface area (Å²) in [6.07, 6.45) is 0. The van der Waals surface area contributed by atoms with Crippen LogP contribution in [0.4, 0.5) is 0 Å². The molecule has 0 spiro atoms. The predicted octanol–water partition coefficient (Wildman–Crippen LogP) is 0.591. The Hall–Kier alpha value is -1.10. The second-order valence-corrected chi connectivity index (χ2v) is 4.37. The van der Waals surface area contributed by atoms with Crippen molar-refractivity contribution >= 4 is 11.9 Å². The van der Waals surface area contributed by atoms with E-state index in [0.717, 1.165) is 0 Å². The van der Waals surface area contributed by atoms with Gasteiger partial charge in [-0.15, -0.1) is 0 Å². The lowest BCUT2D eigenvalue weighted by Crippen LogP contribution is -2.50. The fraction of sp³-hybridized carbons (Fsp3) is 0.818. The molecule has 0 aromatic heterocycles. The maximum atomic E-state index is 12.1. The molecule has 1 rings (SSSR count). The number of morpholine rings is 1. The zero-order valence-electron chi connectivity index (χ0n) is 9.97. The number of hydrogen-bond donors (Lipinski definition) is 1. The molecule has 0 aliphatic carbocycles. The van der Waals surface area contributed by atoms with Crippen molar-refractivity contribution in [3.8, 4) is 0 Å². The van der Waals surface area contributed by atoms with Gasteiger partial charge in [0.15, 0.2) is 0 Å². The Morgan fingerprint density at radius 1 is 1.38 bits per heavy atom. The van der Waals surface area contributed by atoms with Crippen LogP contribution in [0.25, 0.3) is 0 Å².